The van der Waals surface area contributed by atoms with Gasteiger partial charge in [-0.3, -0.25) is 0 Å². The fourth-order valence-electron chi connectivity index (χ4n) is 1.19. The Morgan fingerprint density at radius 3 is 2.55 bits per heavy atom. The van der Waals surface area contributed by atoms with Crippen LogP contribution in [-0.2, 0) is 4.74 Å². The summed E-state index contributed by atoms with van der Waals surface area (Å²) >= 11 is 0. The zero-order chi connectivity index (χ0) is 15.0. The summed E-state index contributed by atoms with van der Waals surface area (Å²) in [7, 11) is 1.50. The Morgan fingerprint density at radius 1 is 1.35 bits per heavy atom. The van der Waals surface area contributed by atoms with Crippen LogP contribution in [0.25, 0.3) is 0 Å². The molecule has 0 aliphatic rings. The van der Waals surface area contributed by atoms with Gasteiger partial charge >= 0.3 is 12.1 Å². The summed E-state index contributed by atoms with van der Waals surface area (Å²) < 4.78 is 9.94. The number of alkyl carbamates (subject to hydrolysis) is 1. The second kappa shape index (κ2) is 7.34. The minimum absolute atomic E-state index is 0.308. The van der Waals surface area contributed by atoms with E-state index in [4.69, 9.17) is 9.47 Å². The largest absolute Gasteiger partial charge is 0.467 e. The van der Waals surface area contributed by atoms with Gasteiger partial charge in [-0.2, -0.15) is 0 Å². The van der Waals surface area contributed by atoms with Gasteiger partial charge in [-0.1, -0.05) is 11.8 Å². The molecule has 0 aromatic carbocycles. The Morgan fingerprint density at radius 2 is 2.00 bits per heavy atom. The molecule has 0 spiro atoms. The minimum Gasteiger partial charge on any atom is -0.467 e. The number of hydrogen-bond donors (Lipinski definition) is 1. The van der Waals surface area contributed by atoms with Gasteiger partial charge in [0.05, 0.1) is 12.7 Å². The normalized spacial score (nSPS) is 10.2. The van der Waals surface area contributed by atoms with Crippen LogP contribution in [0.15, 0.2) is 12.4 Å². The van der Waals surface area contributed by atoms with Crippen LogP contribution in [0.3, 0.4) is 0 Å². The van der Waals surface area contributed by atoms with Gasteiger partial charge in [0, 0.05) is 25.4 Å². The molecule has 0 fully saturated rings. The Hall–Kier alpha value is -2.29. The number of nitrogens with zero attached hydrogens (tertiary/aromatic N) is 2. The van der Waals surface area contributed by atoms with Crippen LogP contribution in [0.1, 0.15) is 32.8 Å². The van der Waals surface area contributed by atoms with Crippen molar-refractivity contribution in [2.75, 3.05) is 13.7 Å². The van der Waals surface area contributed by atoms with Gasteiger partial charge < -0.3 is 14.8 Å². The number of hydrogen-bond acceptors (Lipinski definition) is 5. The van der Waals surface area contributed by atoms with E-state index < -0.39 is 11.7 Å². The molecular formula is C14H19N3O3. The highest BCUT2D eigenvalue weighted by Crippen LogP contribution is 2.06. The van der Waals surface area contributed by atoms with Gasteiger partial charge in [0.15, 0.2) is 0 Å². The average Bonchev–Trinajstić information content (AvgIpc) is 2.37. The standard InChI is InChI=1S/C14H19N3O3/c1-14(2,3)20-13(18)15-8-6-5-7-11-9-16-12(19-4)17-10-11/h9-10H,6,8H2,1-4H3,(H,15,18). The molecule has 0 radical (unpaired) electrons. The molecule has 1 aromatic rings. The van der Waals surface area contributed by atoms with E-state index in [0.29, 0.717) is 24.5 Å². The smallest absolute Gasteiger partial charge is 0.407 e. The number of carbonyl (C=O) groups is 1. The van der Waals surface area contributed by atoms with Gasteiger partial charge in [-0.15, -0.1) is 0 Å². The molecule has 0 bridgehead atoms. The molecule has 20 heavy (non-hydrogen) atoms. The Labute approximate surface area is 118 Å². The molecule has 108 valence electrons. The fraction of sp³-hybridized carbons (Fsp3) is 0.500. The third-order valence-electron chi connectivity index (χ3n) is 1.96. The summed E-state index contributed by atoms with van der Waals surface area (Å²) in [6, 6.07) is 0.308. The number of rotatable bonds is 3. The van der Waals surface area contributed by atoms with Crippen LogP contribution in [0.4, 0.5) is 4.79 Å². The molecule has 6 nitrogen and oxygen atoms in total. The molecule has 0 atom stereocenters. The third-order valence-corrected chi connectivity index (χ3v) is 1.96. The number of amides is 1. The highest BCUT2D eigenvalue weighted by atomic mass is 16.6. The maximum atomic E-state index is 11.3. The van der Waals surface area contributed by atoms with Gasteiger partial charge in [0.1, 0.15) is 5.60 Å². The zero-order valence-corrected chi connectivity index (χ0v) is 12.2. The van der Waals surface area contributed by atoms with Crippen molar-refractivity contribution in [2.24, 2.45) is 0 Å². The molecule has 0 saturated heterocycles. The first-order chi connectivity index (χ1) is 9.40. The molecule has 0 aliphatic carbocycles. The van der Waals surface area contributed by atoms with Gasteiger partial charge in [0.25, 0.3) is 0 Å². The molecular weight excluding hydrogens is 258 g/mol. The number of nitrogens with one attached hydrogen (secondary N) is 1. The molecule has 1 heterocycles. The van der Waals surface area contributed by atoms with Crippen molar-refractivity contribution in [2.45, 2.75) is 32.8 Å². The summed E-state index contributed by atoms with van der Waals surface area (Å²) in [6.07, 6.45) is 3.25. The quantitative estimate of drug-likeness (QED) is 0.673. The van der Waals surface area contributed by atoms with E-state index in [2.05, 4.69) is 27.1 Å². The molecule has 1 amide bonds. The van der Waals surface area contributed by atoms with Crippen molar-refractivity contribution in [1.29, 1.82) is 0 Å². The molecule has 0 unspecified atom stereocenters. The molecule has 6 heteroatoms. The summed E-state index contributed by atoms with van der Waals surface area (Å²) in [5.41, 5.74) is 0.207. The molecule has 1 rings (SSSR count). The summed E-state index contributed by atoms with van der Waals surface area (Å²) in [5.74, 6) is 5.81. The van der Waals surface area contributed by atoms with Crippen molar-refractivity contribution in [3.63, 3.8) is 0 Å². The van der Waals surface area contributed by atoms with Crippen molar-refractivity contribution in [3.05, 3.63) is 18.0 Å². The molecule has 1 N–H and O–H groups in total. The van der Waals surface area contributed by atoms with E-state index in [1.54, 1.807) is 12.4 Å². The number of aromatic nitrogens is 2. The zero-order valence-electron chi connectivity index (χ0n) is 12.2. The second-order valence-corrected chi connectivity index (χ2v) is 4.94. The molecule has 0 saturated carbocycles. The summed E-state index contributed by atoms with van der Waals surface area (Å²) in [5, 5.41) is 2.63. The van der Waals surface area contributed by atoms with Crippen LogP contribution < -0.4 is 10.1 Å². The van der Waals surface area contributed by atoms with Crippen LogP contribution in [0, 0.1) is 11.8 Å². The van der Waals surface area contributed by atoms with Crippen LogP contribution in [-0.4, -0.2) is 35.3 Å². The summed E-state index contributed by atoms with van der Waals surface area (Å²) in [6.45, 7) is 5.88. The van der Waals surface area contributed by atoms with Crippen LogP contribution in [0.2, 0.25) is 0 Å². The lowest BCUT2D eigenvalue weighted by molar-refractivity contribution is 0.0529. The minimum atomic E-state index is -0.490. The Kier molecular flexibility index (Phi) is 5.78. The second-order valence-electron chi connectivity index (χ2n) is 4.94. The maximum absolute atomic E-state index is 11.3. The van der Waals surface area contributed by atoms with Crippen LogP contribution >= 0.6 is 0 Å². The Bertz CT molecular complexity index is 495. The van der Waals surface area contributed by atoms with Crippen molar-refractivity contribution in [1.82, 2.24) is 15.3 Å². The first-order valence-corrected chi connectivity index (χ1v) is 6.22. The lowest BCUT2D eigenvalue weighted by Crippen LogP contribution is -2.32. The lowest BCUT2D eigenvalue weighted by atomic mass is 10.2. The molecule has 1 aromatic heterocycles. The SMILES string of the molecule is COc1ncc(C#CCCNC(=O)OC(C)(C)C)cn1. The van der Waals surface area contributed by atoms with Crippen LogP contribution in [0.5, 0.6) is 6.01 Å². The highest BCUT2D eigenvalue weighted by molar-refractivity contribution is 5.67. The van der Waals surface area contributed by atoms with E-state index in [-0.39, 0.29) is 0 Å². The monoisotopic (exact) mass is 277 g/mol. The summed E-state index contributed by atoms with van der Waals surface area (Å²) in [4.78, 5) is 19.2. The number of ether oxygens (including phenoxy) is 2. The highest BCUT2D eigenvalue weighted by Gasteiger charge is 2.15. The predicted octanol–water partition coefficient (Wildman–Crippen LogP) is 1.75. The first-order valence-electron chi connectivity index (χ1n) is 6.22. The predicted molar refractivity (Wildman–Crippen MR) is 74.3 cm³/mol. The maximum Gasteiger partial charge on any atom is 0.407 e. The third kappa shape index (κ3) is 6.59. The fourth-order valence-corrected chi connectivity index (χ4v) is 1.19. The van der Waals surface area contributed by atoms with Crippen molar-refractivity contribution < 1.29 is 14.3 Å². The first kappa shape index (κ1) is 15.8. The molecule has 0 aliphatic heterocycles. The van der Waals surface area contributed by atoms with Gasteiger partial charge in [0.2, 0.25) is 0 Å². The van der Waals surface area contributed by atoms with Gasteiger partial charge in [-0.25, -0.2) is 14.8 Å². The van der Waals surface area contributed by atoms with Gasteiger partial charge in [-0.05, 0) is 20.8 Å². The Balaban J connectivity index is 2.30. The van der Waals surface area contributed by atoms with E-state index in [1.807, 2.05) is 20.8 Å². The lowest BCUT2D eigenvalue weighted by Gasteiger charge is -2.19. The van der Waals surface area contributed by atoms with E-state index in [0.717, 1.165) is 0 Å². The van der Waals surface area contributed by atoms with E-state index in [9.17, 15) is 4.79 Å². The average molecular weight is 277 g/mol. The topological polar surface area (TPSA) is 73.3 Å². The van der Waals surface area contributed by atoms with Crippen molar-refractivity contribution >= 4 is 6.09 Å². The number of methoxy groups -OCH3 is 1. The number of carbonyl (C=O) groups excluding carboxylic acids is 1. The van der Waals surface area contributed by atoms with E-state index in [1.165, 1.54) is 7.11 Å². The van der Waals surface area contributed by atoms with E-state index >= 15 is 0 Å². The van der Waals surface area contributed by atoms with Crippen molar-refractivity contribution in [3.8, 4) is 17.9 Å².